The number of nitrogens with zero attached hydrogens (tertiary/aromatic N) is 4. The third kappa shape index (κ3) is 5.42. The van der Waals surface area contributed by atoms with Gasteiger partial charge in [-0.1, -0.05) is 25.3 Å². The molecule has 2 fully saturated rings. The van der Waals surface area contributed by atoms with Gasteiger partial charge in [0.2, 0.25) is 11.9 Å². The average Bonchev–Trinajstić information content (AvgIpc) is 3.56. The summed E-state index contributed by atoms with van der Waals surface area (Å²) in [7, 11) is 1.85. The zero-order chi connectivity index (χ0) is 24.2. The molecule has 0 unspecified atom stereocenters. The van der Waals surface area contributed by atoms with Gasteiger partial charge in [-0.25, -0.2) is 4.98 Å². The highest BCUT2D eigenvalue weighted by molar-refractivity contribution is 7.12. The average molecular weight is 496 g/mol. The van der Waals surface area contributed by atoms with Crippen LogP contribution in [0.15, 0.2) is 35.7 Å². The van der Waals surface area contributed by atoms with Crippen molar-refractivity contribution < 1.29 is 14.3 Å². The molecular formula is C26H33N5O3S. The molecule has 2 aliphatic rings. The smallest absolute Gasteiger partial charge is 0.268 e. The molecule has 3 heterocycles. The van der Waals surface area contributed by atoms with Gasteiger partial charge >= 0.3 is 0 Å². The highest BCUT2D eigenvalue weighted by Crippen LogP contribution is 2.29. The lowest BCUT2D eigenvalue weighted by Crippen LogP contribution is -2.38. The number of fused-ring (bicyclic) bond motifs is 1. The van der Waals surface area contributed by atoms with E-state index in [2.05, 4.69) is 14.8 Å². The van der Waals surface area contributed by atoms with Gasteiger partial charge in [0.15, 0.2) is 0 Å². The number of aromatic nitrogens is 2. The summed E-state index contributed by atoms with van der Waals surface area (Å²) in [5.41, 5.74) is 2.55. The topological polar surface area (TPSA) is 79.7 Å². The van der Waals surface area contributed by atoms with Gasteiger partial charge in [0, 0.05) is 44.8 Å². The first kappa shape index (κ1) is 24.0. The number of hydrogen-bond donors (Lipinski definition) is 1. The third-order valence-corrected chi connectivity index (χ3v) is 7.99. The summed E-state index contributed by atoms with van der Waals surface area (Å²) in [6.45, 7) is 4.85. The zero-order valence-electron chi connectivity index (χ0n) is 20.2. The number of amides is 2. The Labute approximate surface area is 209 Å². The molecule has 0 radical (unpaired) electrons. The van der Waals surface area contributed by atoms with Crippen LogP contribution >= 0.6 is 11.3 Å². The third-order valence-electron chi connectivity index (χ3n) is 7.12. The fourth-order valence-corrected chi connectivity index (χ4v) is 5.66. The lowest BCUT2D eigenvalue weighted by Gasteiger charge is -2.27. The molecule has 1 N–H and O–H groups in total. The van der Waals surface area contributed by atoms with Gasteiger partial charge in [-0.15, -0.1) is 11.3 Å². The van der Waals surface area contributed by atoms with E-state index in [9.17, 15) is 9.59 Å². The number of carbonyl (C=O) groups is 2. The molecule has 0 atom stereocenters. The number of nitrogens with one attached hydrogen (secondary N) is 1. The van der Waals surface area contributed by atoms with E-state index in [1.165, 1.54) is 17.8 Å². The number of ether oxygens (including phenoxy) is 1. The molecule has 3 aromatic rings. The Morgan fingerprint density at radius 1 is 1.14 bits per heavy atom. The molecule has 0 bridgehead atoms. The van der Waals surface area contributed by atoms with E-state index in [4.69, 9.17) is 9.72 Å². The number of anilines is 2. The minimum Gasteiger partial charge on any atom is -0.379 e. The molecular weight excluding hydrogens is 462 g/mol. The van der Waals surface area contributed by atoms with Gasteiger partial charge in [0.05, 0.1) is 29.1 Å². The second-order valence-electron chi connectivity index (χ2n) is 9.38. The summed E-state index contributed by atoms with van der Waals surface area (Å²) < 4.78 is 7.55. The van der Waals surface area contributed by atoms with Gasteiger partial charge in [0.1, 0.15) is 0 Å². The maximum Gasteiger partial charge on any atom is 0.268 e. The molecule has 2 aromatic heterocycles. The molecule has 1 saturated heterocycles. The molecule has 1 aliphatic carbocycles. The van der Waals surface area contributed by atoms with Crippen molar-refractivity contribution in [3.63, 3.8) is 0 Å². The van der Waals surface area contributed by atoms with E-state index in [1.54, 1.807) is 4.90 Å². The highest BCUT2D eigenvalue weighted by atomic mass is 32.1. The Hall–Kier alpha value is -2.75. The lowest BCUT2D eigenvalue weighted by atomic mass is 9.88. The van der Waals surface area contributed by atoms with Crippen LogP contribution in [-0.2, 0) is 16.1 Å². The van der Waals surface area contributed by atoms with Crippen LogP contribution in [0.1, 0.15) is 41.8 Å². The molecule has 9 heteroatoms. The number of benzene rings is 1. The van der Waals surface area contributed by atoms with Crippen LogP contribution in [0.4, 0.5) is 11.6 Å². The Morgan fingerprint density at radius 3 is 2.69 bits per heavy atom. The molecule has 1 aromatic carbocycles. The second kappa shape index (κ2) is 10.9. The molecule has 0 spiro atoms. The molecule has 1 aliphatic heterocycles. The summed E-state index contributed by atoms with van der Waals surface area (Å²) in [5.74, 6) is 0.663. The first-order valence-electron chi connectivity index (χ1n) is 12.5. The number of rotatable bonds is 7. The van der Waals surface area contributed by atoms with Gasteiger partial charge in [0.25, 0.3) is 5.91 Å². The fraction of sp³-hybridized carbons (Fsp3) is 0.500. The second-order valence-corrected chi connectivity index (χ2v) is 10.3. The Bertz CT molecular complexity index is 1160. The van der Waals surface area contributed by atoms with Crippen LogP contribution in [0.2, 0.25) is 0 Å². The van der Waals surface area contributed by atoms with Crippen molar-refractivity contribution in [2.45, 2.75) is 38.6 Å². The van der Waals surface area contributed by atoms with Crippen LogP contribution in [0.5, 0.6) is 0 Å². The molecule has 186 valence electrons. The van der Waals surface area contributed by atoms with Crippen LogP contribution in [0, 0.1) is 5.92 Å². The summed E-state index contributed by atoms with van der Waals surface area (Å²) >= 11 is 1.41. The van der Waals surface area contributed by atoms with Crippen molar-refractivity contribution in [3.05, 3.63) is 40.6 Å². The minimum atomic E-state index is -0.159. The van der Waals surface area contributed by atoms with Crippen LogP contribution in [0.25, 0.3) is 11.0 Å². The summed E-state index contributed by atoms with van der Waals surface area (Å²) in [6, 6.07) is 9.64. The van der Waals surface area contributed by atoms with Gasteiger partial charge < -0.3 is 14.2 Å². The standard InChI is InChI=1S/C26H33N5O3S/c1-29(25(33)19-6-3-2-4-7-19)20-9-10-22-21(18-20)27-26(28-24(32)23-8-5-17-35-23)31(22)12-11-30-13-15-34-16-14-30/h5,8-10,17-19H,2-4,6-7,11-16H2,1H3,(H,27,28,32). The van der Waals surface area contributed by atoms with E-state index in [0.717, 1.165) is 75.3 Å². The maximum absolute atomic E-state index is 13.1. The number of imidazole rings is 1. The summed E-state index contributed by atoms with van der Waals surface area (Å²) in [4.78, 5) is 35.5. The largest absolute Gasteiger partial charge is 0.379 e. The Kier molecular flexibility index (Phi) is 7.46. The van der Waals surface area contributed by atoms with E-state index in [0.29, 0.717) is 17.4 Å². The molecule has 5 rings (SSSR count). The first-order chi connectivity index (χ1) is 17.1. The molecule has 1 saturated carbocycles. The molecule has 2 amide bonds. The van der Waals surface area contributed by atoms with Crippen LogP contribution in [-0.4, -0.2) is 66.2 Å². The number of carbonyl (C=O) groups excluding carboxylic acids is 2. The number of morpholine rings is 1. The summed E-state index contributed by atoms with van der Waals surface area (Å²) in [6.07, 6.45) is 5.43. The van der Waals surface area contributed by atoms with Crippen molar-refractivity contribution in [2.75, 3.05) is 50.1 Å². The fourth-order valence-electron chi connectivity index (χ4n) is 5.04. The minimum absolute atomic E-state index is 0.108. The zero-order valence-corrected chi connectivity index (χ0v) is 21.1. The van der Waals surface area contributed by atoms with Gasteiger partial charge in [-0.2, -0.15) is 0 Å². The van der Waals surface area contributed by atoms with E-state index in [1.807, 2.05) is 42.8 Å². The van der Waals surface area contributed by atoms with Crippen molar-refractivity contribution in [1.82, 2.24) is 14.5 Å². The van der Waals surface area contributed by atoms with Gasteiger partial charge in [-0.05, 0) is 42.5 Å². The lowest BCUT2D eigenvalue weighted by molar-refractivity contribution is -0.123. The predicted molar refractivity (Wildman–Crippen MR) is 139 cm³/mol. The number of thiophene rings is 1. The van der Waals surface area contributed by atoms with E-state index >= 15 is 0 Å². The summed E-state index contributed by atoms with van der Waals surface area (Å²) in [5, 5.41) is 4.90. The van der Waals surface area contributed by atoms with Crippen LogP contribution < -0.4 is 10.2 Å². The highest BCUT2D eigenvalue weighted by Gasteiger charge is 2.25. The SMILES string of the molecule is CN(C(=O)C1CCCCC1)c1ccc2c(c1)nc(NC(=O)c1cccs1)n2CCN1CCOCC1. The molecule has 35 heavy (non-hydrogen) atoms. The van der Waals surface area contributed by atoms with Crippen LogP contribution in [0.3, 0.4) is 0 Å². The maximum atomic E-state index is 13.1. The predicted octanol–water partition coefficient (Wildman–Crippen LogP) is 4.23. The quantitative estimate of drug-likeness (QED) is 0.531. The Morgan fingerprint density at radius 2 is 1.94 bits per heavy atom. The normalized spacial score (nSPS) is 17.5. The van der Waals surface area contributed by atoms with E-state index < -0.39 is 0 Å². The van der Waals surface area contributed by atoms with Gasteiger partial charge in [-0.3, -0.25) is 19.8 Å². The molecule has 8 nitrogen and oxygen atoms in total. The van der Waals surface area contributed by atoms with Crippen molar-refractivity contribution in [1.29, 1.82) is 0 Å². The monoisotopic (exact) mass is 495 g/mol. The van der Waals surface area contributed by atoms with Crippen molar-refractivity contribution in [2.24, 2.45) is 5.92 Å². The first-order valence-corrected chi connectivity index (χ1v) is 13.4. The van der Waals surface area contributed by atoms with E-state index in [-0.39, 0.29) is 17.7 Å². The Balaban J connectivity index is 1.41. The number of hydrogen-bond acceptors (Lipinski definition) is 6. The van der Waals surface area contributed by atoms with Crippen molar-refractivity contribution in [3.8, 4) is 0 Å². The van der Waals surface area contributed by atoms with Crippen molar-refractivity contribution >= 4 is 45.8 Å².